The van der Waals surface area contributed by atoms with Crippen LogP contribution in [-0.4, -0.2) is 97.7 Å². The molecule has 0 radical (unpaired) electrons. The van der Waals surface area contributed by atoms with Gasteiger partial charge in [0, 0.05) is 12.1 Å². The minimum absolute atomic E-state index is 0.00699. The molecule has 0 saturated carbocycles. The highest BCUT2D eigenvalue weighted by Crippen LogP contribution is 2.10. The summed E-state index contributed by atoms with van der Waals surface area (Å²) >= 11 is 0. The lowest BCUT2D eigenvalue weighted by atomic mass is 10.0. The van der Waals surface area contributed by atoms with Crippen LogP contribution >= 0.6 is 0 Å². The van der Waals surface area contributed by atoms with Crippen molar-refractivity contribution < 1.29 is 35.7 Å². The minimum Gasteiger partial charge on any atom is -0.394 e. The quantitative estimate of drug-likeness (QED) is 0.111. The first kappa shape index (κ1) is 25.6. The van der Waals surface area contributed by atoms with E-state index in [2.05, 4.69) is 10.6 Å². The van der Waals surface area contributed by atoms with E-state index in [1.807, 2.05) is 20.8 Å². The largest absolute Gasteiger partial charge is 0.394 e. The van der Waals surface area contributed by atoms with Crippen LogP contribution in [0.2, 0.25) is 0 Å². The van der Waals surface area contributed by atoms with Gasteiger partial charge in [0.1, 0.15) is 30.6 Å². The molecule has 7 atom stereocenters. The summed E-state index contributed by atoms with van der Waals surface area (Å²) in [5.41, 5.74) is 0. The SMILES string of the molecule is CCC(O)C(CCCCNC(O)C(O)C(O)C(O)C(O)CO)NC(C)C. The summed E-state index contributed by atoms with van der Waals surface area (Å²) in [6, 6.07) is 0.255. The second-order valence-corrected chi connectivity index (χ2v) is 7.02. The average Bonchev–Trinajstić information content (AvgIpc) is 2.62. The molecule has 9 heteroatoms. The molecule has 26 heavy (non-hydrogen) atoms. The summed E-state index contributed by atoms with van der Waals surface area (Å²) in [4.78, 5) is 0. The van der Waals surface area contributed by atoms with E-state index in [1.54, 1.807) is 0 Å². The van der Waals surface area contributed by atoms with E-state index in [1.165, 1.54) is 0 Å². The molecule has 0 spiro atoms. The van der Waals surface area contributed by atoms with Gasteiger partial charge >= 0.3 is 0 Å². The van der Waals surface area contributed by atoms with E-state index >= 15 is 0 Å². The maximum atomic E-state index is 10.0. The lowest BCUT2D eigenvalue weighted by molar-refractivity contribution is -0.145. The summed E-state index contributed by atoms with van der Waals surface area (Å²) in [5, 5.41) is 72.8. The van der Waals surface area contributed by atoms with Crippen molar-refractivity contribution in [2.75, 3.05) is 13.2 Å². The third-order valence-electron chi connectivity index (χ3n) is 4.33. The molecule has 0 amide bonds. The van der Waals surface area contributed by atoms with Crippen LogP contribution in [0.1, 0.15) is 46.5 Å². The normalized spacial score (nSPS) is 20.4. The molecule has 0 aliphatic heterocycles. The summed E-state index contributed by atoms with van der Waals surface area (Å²) in [5.74, 6) is 0. The molecule has 0 rings (SSSR count). The van der Waals surface area contributed by atoms with Gasteiger partial charge in [-0.25, -0.2) is 0 Å². The Hall–Kier alpha value is -0.360. The average molecular weight is 382 g/mol. The number of nitrogens with one attached hydrogen (secondary N) is 2. The number of unbranched alkanes of at least 4 members (excludes halogenated alkanes) is 1. The zero-order valence-corrected chi connectivity index (χ0v) is 16.0. The predicted octanol–water partition coefficient (Wildman–Crippen LogP) is -2.36. The molecule has 0 aromatic rings. The number of hydrogen-bond acceptors (Lipinski definition) is 9. The maximum Gasteiger partial charge on any atom is 0.133 e. The van der Waals surface area contributed by atoms with Crippen LogP contribution < -0.4 is 10.6 Å². The lowest BCUT2D eigenvalue weighted by Crippen LogP contribution is -2.53. The molecular weight excluding hydrogens is 344 g/mol. The first-order valence-corrected chi connectivity index (χ1v) is 9.34. The van der Waals surface area contributed by atoms with Gasteiger partial charge in [0.05, 0.1) is 12.7 Å². The molecule has 7 unspecified atom stereocenters. The van der Waals surface area contributed by atoms with Crippen LogP contribution in [0.5, 0.6) is 0 Å². The van der Waals surface area contributed by atoms with Crippen LogP contribution in [0.4, 0.5) is 0 Å². The predicted molar refractivity (Wildman–Crippen MR) is 97.3 cm³/mol. The van der Waals surface area contributed by atoms with E-state index in [0.717, 1.165) is 12.8 Å². The Morgan fingerprint density at radius 3 is 1.92 bits per heavy atom. The molecule has 0 fully saturated rings. The molecule has 158 valence electrons. The first-order chi connectivity index (χ1) is 12.1. The fourth-order valence-electron chi connectivity index (χ4n) is 2.68. The van der Waals surface area contributed by atoms with Gasteiger partial charge in [0.25, 0.3) is 0 Å². The van der Waals surface area contributed by atoms with Crippen LogP contribution in [0, 0.1) is 0 Å². The van der Waals surface area contributed by atoms with Gasteiger partial charge < -0.3 is 41.1 Å². The van der Waals surface area contributed by atoms with Crippen LogP contribution in [0.3, 0.4) is 0 Å². The Morgan fingerprint density at radius 2 is 1.42 bits per heavy atom. The maximum absolute atomic E-state index is 10.0. The van der Waals surface area contributed by atoms with Crippen molar-refractivity contribution in [3.63, 3.8) is 0 Å². The molecule has 0 aromatic heterocycles. The Kier molecular flexibility index (Phi) is 13.6. The number of aliphatic hydroxyl groups is 7. The fraction of sp³-hybridized carbons (Fsp3) is 1.00. The molecule has 9 N–H and O–H groups in total. The summed E-state index contributed by atoms with van der Waals surface area (Å²) in [6.07, 6.45) is -5.94. The summed E-state index contributed by atoms with van der Waals surface area (Å²) in [6.45, 7) is 5.54. The van der Waals surface area contributed by atoms with Gasteiger partial charge in [-0.1, -0.05) is 27.2 Å². The number of aliphatic hydroxyl groups excluding tert-OH is 7. The van der Waals surface area contributed by atoms with E-state index < -0.39 is 43.4 Å². The monoisotopic (exact) mass is 382 g/mol. The highest BCUT2D eigenvalue weighted by molar-refractivity contribution is 4.84. The van der Waals surface area contributed by atoms with E-state index in [9.17, 15) is 30.6 Å². The van der Waals surface area contributed by atoms with Gasteiger partial charge in [-0.15, -0.1) is 0 Å². The highest BCUT2D eigenvalue weighted by Gasteiger charge is 2.33. The summed E-state index contributed by atoms with van der Waals surface area (Å²) in [7, 11) is 0. The smallest absolute Gasteiger partial charge is 0.133 e. The minimum atomic E-state index is -1.81. The third-order valence-corrected chi connectivity index (χ3v) is 4.33. The van der Waals surface area contributed by atoms with Gasteiger partial charge in [-0.2, -0.15) is 0 Å². The van der Waals surface area contributed by atoms with Gasteiger partial charge in [-0.3, -0.25) is 5.32 Å². The Morgan fingerprint density at radius 1 is 0.808 bits per heavy atom. The van der Waals surface area contributed by atoms with E-state index in [-0.39, 0.29) is 12.1 Å². The van der Waals surface area contributed by atoms with Crippen LogP contribution in [0.15, 0.2) is 0 Å². The lowest BCUT2D eigenvalue weighted by Gasteiger charge is -2.29. The zero-order chi connectivity index (χ0) is 20.3. The second kappa shape index (κ2) is 13.8. The van der Waals surface area contributed by atoms with E-state index in [0.29, 0.717) is 19.4 Å². The van der Waals surface area contributed by atoms with Crippen molar-refractivity contribution in [2.45, 2.75) is 95.3 Å². The van der Waals surface area contributed by atoms with E-state index in [4.69, 9.17) is 5.11 Å². The molecule has 0 heterocycles. The van der Waals surface area contributed by atoms with Crippen molar-refractivity contribution in [1.29, 1.82) is 0 Å². The first-order valence-electron chi connectivity index (χ1n) is 9.34. The molecule has 0 aromatic carbocycles. The molecule has 0 saturated heterocycles. The van der Waals surface area contributed by atoms with Crippen LogP contribution in [0.25, 0.3) is 0 Å². The molecule has 0 bridgehead atoms. The van der Waals surface area contributed by atoms with Crippen molar-refractivity contribution in [1.82, 2.24) is 10.6 Å². The van der Waals surface area contributed by atoms with Gasteiger partial charge in [0.15, 0.2) is 0 Å². The Labute approximate surface area is 155 Å². The fourth-order valence-corrected chi connectivity index (χ4v) is 2.68. The Balaban J connectivity index is 4.18. The standard InChI is InChI=1S/C17H38N2O7/c1-4-12(21)11(19-10(2)3)7-5-6-8-18-17(26)16(25)15(24)14(23)13(22)9-20/h10-26H,4-9H2,1-3H3. The topological polar surface area (TPSA) is 166 Å². The van der Waals surface area contributed by atoms with Crippen molar-refractivity contribution in [3.05, 3.63) is 0 Å². The molecular formula is C17H38N2O7. The van der Waals surface area contributed by atoms with Crippen LogP contribution in [-0.2, 0) is 0 Å². The van der Waals surface area contributed by atoms with Crippen molar-refractivity contribution in [2.24, 2.45) is 0 Å². The number of hydrogen-bond donors (Lipinski definition) is 9. The van der Waals surface area contributed by atoms with Gasteiger partial charge in [0.2, 0.25) is 0 Å². The summed E-state index contributed by atoms with van der Waals surface area (Å²) < 4.78 is 0. The van der Waals surface area contributed by atoms with Gasteiger partial charge in [-0.05, 0) is 25.8 Å². The zero-order valence-electron chi connectivity index (χ0n) is 16.0. The highest BCUT2D eigenvalue weighted by atomic mass is 16.4. The van der Waals surface area contributed by atoms with Crippen molar-refractivity contribution in [3.8, 4) is 0 Å². The Bertz CT molecular complexity index is 349. The molecule has 0 aliphatic rings. The third kappa shape index (κ3) is 9.54. The van der Waals surface area contributed by atoms with Crippen molar-refractivity contribution >= 4 is 0 Å². The molecule has 9 nitrogen and oxygen atoms in total. The second-order valence-electron chi connectivity index (χ2n) is 7.02. The molecule has 0 aliphatic carbocycles. The number of rotatable bonds is 15.